The van der Waals surface area contributed by atoms with Crippen molar-refractivity contribution in [3.63, 3.8) is 0 Å². The lowest BCUT2D eigenvalue weighted by Gasteiger charge is -2.40. The van der Waals surface area contributed by atoms with Crippen molar-refractivity contribution < 1.29 is 65.0 Å². The zero-order chi connectivity index (χ0) is 47.5. The van der Waals surface area contributed by atoms with Gasteiger partial charge in [0.05, 0.1) is 26.1 Å². The van der Waals surface area contributed by atoms with Crippen LogP contribution >= 0.6 is 0 Å². The predicted octanol–water partition coefficient (Wildman–Crippen LogP) is 4.76. The normalized spacial score (nSPS) is 18.2. The highest BCUT2D eigenvalue weighted by Gasteiger charge is 2.56. The first-order valence-electron chi connectivity index (χ1n) is 21.2. The number of carbonyl (C=O) groups is 3. The number of aromatic nitrogens is 4. The maximum Gasteiger partial charge on any atom is 0.659 e. The fourth-order valence-corrected chi connectivity index (χ4v) is 14.8. The van der Waals surface area contributed by atoms with Gasteiger partial charge in [0.25, 0.3) is 12.0 Å². The van der Waals surface area contributed by atoms with Crippen LogP contribution < -0.4 is 10.9 Å². The summed E-state index contributed by atoms with van der Waals surface area (Å²) in [5.74, 6) is -2.06. The summed E-state index contributed by atoms with van der Waals surface area (Å²) in [6.07, 6.45) is -4.82. The van der Waals surface area contributed by atoms with E-state index in [-0.39, 0.29) is 50.1 Å². The quantitative estimate of drug-likeness (QED) is 0.0371. The number of rotatable bonds is 24. The van der Waals surface area contributed by atoms with E-state index in [1.165, 1.54) is 24.7 Å². The van der Waals surface area contributed by atoms with Gasteiger partial charge in [0.2, 0.25) is 11.9 Å². The lowest BCUT2D eigenvalue weighted by atomic mass is 10.0. The summed E-state index contributed by atoms with van der Waals surface area (Å²) in [5.41, 5.74) is 0.879. The monoisotopic (exact) mass is 959 g/mol. The third-order valence-corrected chi connectivity index (χ3v) is 17.0. The Bertz CT molecular complexity index is 2160. The van der Waals surface area contributed by atoms with Crippen LogP contribution in [0.2, 0.25) is 39.3 Å². The summed E-state index contributed by atoms with van der Waals surface area (Å²) in [6.45, 7) is 15.2. The van der Waals surface area contributed by atoms with Crippen molar-refractivity contribution in [2.75, 3.05) is 38.4 Å². The molecule has 0 aliphatic carbocycles. The number of aliphatic hydroxyl groups is 1. The number of aromatic amines is 1. The molecule has 1 amide bonds. The standard InChI is InChI=1S/C42H61N5O15Si3/c1-27(2)38(51)45-41-44-37-33(39(52)46-41)43-26-47(37)40-36(59-42(55-23-21-53-28(3)48)56-24-22-54-29(4)49)34(50)32(58-40)25-57-65(61-63(5,6)7,62-64(8,9)10)60-35(30-17-13-11-14-18-30)31-19-15-12-16-20-31/h11-20,26-27,32,34-36,40,42,50H,21-25H2,1-10H3,(H2,44,45,46,51,52)/t32-,34-,36-,40-/m1/s1. The van der Waals surface area contributed by atoms with E-state index in [0.717, 1.165) is 11.1 Å². The van der Waals surface area contributed by atoms with E-state index < -0.39 is 92.1 Å². The van der Waals surface area contributed by atoms with Crippen LogP contribution in [-0.2, 0) is 59.9 Å². The number of amides is 1. The lowest BCUT2D eigenvalue weighted by molar-refractivity contribution is -0.320. The molecule has 356 valence electrons. The second-order valence-corrected chi connectivity index (χ2v) is 28.9. The summed E-state index contributed by atoms with van der Waals surface area (Å²) >= 11 is 0. The van der Waals surface area contributed by atoms with Gasteiger partial charge in [-0.05, 0) is 50.4 Å². The average Bonchev–Trinajstić information content (AvgIpc) is 3.78. The maximum absolute atomic E-state index is 13.3. The smallest absolute Gasteiger partial charge is 0.463 e. The first-order valence-corrected chi connectivity index (χ1v) is 29.7. The van der Waals surface area contributed by atoms with Crippen LogP contribution in [0.15, 0.2) is 71.8 Å². The molecular formula is C42H61N5O15Si3. The molecule has 2 aromatic heterocycles. The molecule has 0 spiro atoms. The highest BCUT2D eigenvalue weighted by molar-refractivity contribution is 6.83. The number of carbonyl (C=O) groups excluding carboxylic acids is 3. The van der Waals surface area contributed by atoms with Gasteiger partial charge in [-0.3, -0.25) is 34.0 Å². The minimum atomic E-state index is -4.24. The van der Waals surface area contributed by atoms with Gasteiger partial charge >= 0.3 is 21.0 Å². The van der Waals surface area contributed by atoms with E-state index in [2.05, 4.69) is 20.3 Å². The number of aliphatic hydroxyl groups excluding tert-OH is 1. The van der Waals surface area contributed by atoms with E-state index in [1.54, 1.807) is 13.8 Å². The summed E-state index contributed by atoms with van der Waals surface area (Å²) in [7, 11) is -9.34. The predicted molar refractivity (Wildman–Crippen MR) is 242 cm³/mol. The molecule has 3 N–H and O–H groups in total. The topological polar surface area (TPSA) is 239 Å². The molecule has 1 aliphatic rings. The Labute approximate surface area is 380 Å². The van der Waals surface area contributed by atoms with E-state index in [0.29, 0.717) is 0 Å². The van der Waals surface area contributed by atoms with Gasteiger partial charge in [0, 0.05) is 19.8 Å². The minimum Gasteiger partial charge on any atom is -0.463 e. The average molecular weight is 960 g/mol. The second kappa shape index (κ2) is 22.8. The molecule has 1 fully saturated rings. The van der Waals surface area contributed by atoms with Crippen LogP contribution in [-0.4, -0.2) is 126 Å². The number of hydrogen-bond donors (Lipinski definition) is 3. The Morgan fingerprint density at radius 2 is 1.38 bits per heavy atom. The number of hydrogen-bond acceptors (Lipinski definition) is 17. The molecule has 3 heterocycles. The number of imidazole rings is 1. The maximum atomic E-state index is 13.3. The number of nitrogens with zero attached hydrogens (tertiary/aromatic N) is 3. The van der Waals surface area contributed by atoms with E-state index in [9.17, 15) is 24.3 Å². The minimum absolute atomic E-state index is 0.0203. The highest BCUT2D eigenvalue weighted by Crippen LogP contribution is 2.38. The number of fused-ring (bicyclic) bond motifs is 1. The zero-order valence-corrected chi connectivity index (χ0v) is 41.4. The van der Waals surface area contributed by atoms with Gasteiger partial charge in [0.1, 0.15) is 37.6 Å². The molecule has 23 heteroatoms. The van der Waals surface area contributed by atoms with Gasteiger partial charge in [-0.2, -0.15) is 4.98 Å². The fourth-order valence-electron chi connectivity index (χ4n) is 6.40. The molecule has 0 saturated carbocycles. The summed E-state index contributed by atoms with van der Waals surface area (Å²) in [6, 6.07) is 19.3. The Kier molecular flexibility index (Phi) is 18.1. The summed E-state index contributed by atoms with van der Waals surface area (Å²) in [5, 5.41) is 14.9. The first kappa shape index (κ1) is 51.5. The Balaban J connectivity index is 1.56. The van der Waals surface area contributed by atoms with E-state index in [4.69, 9.17) is 45.5 Å². The van der Waals surface area contributed by atoms with E-state index >= 15 is 0 Å². The molecular weight excluding hydrogens is 899 g/mol. The van der Waals surface area contributed by atoms with E-state index in [1.807, 2.05) is 99.9 Å². The number of esters is 2. The van der Waals surface area contributed by atoms with Crippen molar-refractivity contribution in [3.05, 3.63) is 88.5 Å². The van der Waals surface area contributed by atoms with Gasteiger partial charge in [-0.15, -0.1) is 0 Å². The zero-order valence-electron chi connectivity index (χ0n) is 38.4. The number of nitrogens with one attached hydrogen (secondary N) is 2. The largest absolute Gasteiger partial charge is 0.659 e. The number of H-pyrrole nitrogens is 1. The molecule has 0 unspecified atom stereocenters. The van der Waals surface area contributed by atoms with Crippen molar-refractivity contribution in [2.45, 2.75) is 104 Å². The molecule has 4 atom stereocenters. The van der Waals surface area contributed by atoms with Crippen LogP contribution in [0.25, 0.3) is 11.2 Å². The summed E-state index contributed by atoms with van der Waals surface area (Å²) < 4.78 is 63.7. The van der Waals surface area contributed by atoms with Crippen LogP contribution in [0.4, 0.5) is 5.95 Å². The highest BCUT2D eigenvalue weighted by atomic mass is 28.5. The van der Waals surface area contributed by atoms with Crippen molar-refractivity contribution in [2.24, 2.45) is 5.92 Å². The lowest BCUT2D eigenvalue weighted by Crippen LogP contribution is -2.60. The third-order valence-electron chi connectivity index (χ3n) is 9.09. The third kappa shape index (κ3) is 15.3. The molecule has 5 rings (SSSR count). The number of ether oxygens (including phenoxy) is 6. The molecule has 4 aromatic rings. The van der Waals surface area contributed by atoms with Crippen molar-refractivity contribution in [3.8, 4) is 0 Å². The fraction of sp³-hybridized carbons (Fsp3) is 0.524. The number of anilines is 1. The molecule has 0 radical (unpaired) electrons. The van der Waals surface area contributed by atoms with Gasteiger partial charge in [0.15, 0.2) is 34.0 Å². The van der Waals surface area contributed by atoms with Gasteiger partial charge < -0.3 is 50.6 Å². The van der Waals surface area contributed by atoms with Crippen LogP contribution in [0.1, 0.15) is 51.2 Å². The SMILES string of the molecule is CC(=O)OCCOC(OCCOC(C)=O)O[C@@H]1[C@H](O)[C@@H](CO[Si](OC(c2ccccc2)c2ccccc2)(O[Si](C)(C)C)O[Si](C)(C)C)O[C@H]1n1cnc2c(=O)[nH]c(NC(=O)C(C)C)nc21. The summed E-state index contributed by atoms with van der Waals surface area (Å²) in [4.78, 5) is 60.2. The van der Waals surface area contributed by atoms with Crippen LogP contribution in [0.5, 0.6) is 0 Å². The molecule has 1 aliphatic heterocycles. The molecule has 20 nitrogen and oxygen atoms in total. The number of benzene rings is 2. The van der Waals surface area contributed by atoms with Crippen LogP contribution in [0, 0.1) is 5.92 Å². The van der Waals surface area contributed by atoms with Crippen molar-refractivity contribution in [1.82, 2.24) is 19.5 Å². The Morgan fingerprint density at radius 3 is 1.88 bits per heavy atom. The molecule has 0 bridgehead atoms. The Hall–Kier alpha value is -4.51. The van der Waals surface area contributed by atoms with Gasteiger partial charge in [-0.25, -0.2) is 4.98 Å². The Morgan fingerprint density at radius 1 is 0.846 bits per heavy atom. The molecule has 1 saturated heterocycles. The van der Waals surface area contributed by atoms with Crippen molar-refractivity contribution in [1.29, 1.82) is 0 Å². The first-order chi connectivity index (χ1) is 30.6. The second-order valence-electron chi connectivity index (χ2n) is 17.3. The van der Waals surface area contributed by atoms with Crippen molar-refractivity contribution >= 4 is 60.6 Å². The molecule has 2 aromatic carbocycles. The van der Waals surface area contributed by atoms with Crippen LogP contribution in [0.3, 0.4) is 0 Å². The molecule has 65 heavy (non-hydrogen) atoms. The van der Waals surface area contributed by atoms with Gasteiger partial charge in [-0.1, -0.05) is 74.5 Å².